The lowest BCUT2D eigenvalue weighted by molar-refractivity contribution is -0.161. The lowest BCUT2D eigenvalue weighted by Crippen LogP contribution is -2.30. The molecule has 0 heterocycles. The Balaban J connectivity index is 5.24. The molecule has 0 bridgehead atoms. The second-order valence-corrected chi connectivity index (χ2v) is 36.6. The molecule has 0 rings (SSSR count). The van der Waals surface area contributed by atoms with Gasteiger partial charge in [0.25, 0.3) is 0 Å². The lowest BCUT2D eigenvalue weighted by Gasteiger charge is -2.21. The summed E-state index contributed by atoms with van der Waals surface area (Å²) >= 11 is 0. The Morgan fingerprint density at radius 3 is 0.634 bits per heavy atom. The van der Waals surface area contributed by atoms with Gasteiger partial charge in [-0.2, -0.15) is 0 Å². The molecule has 0 aromatic heterocycles. The Kier molecular flexibility index (Phi) is 84.0. The van der Waals surface area contributed by atoms with E-state index in [0.717, 1.165) is 95.8 Å². The van der Waals surface area contributed by atoms with E-state index in [2.05, 4.69) is 34.6 Å². The van der Waals surface area contributed by atoms with Crippen molar-refractivity contribution in [3.8, 4) is 0 Å². The fourth-order valence-corrected chi connectivity index (χ4v) is 16.3. The number of phosphoric acid groups is 2. The summed E-state index contributed by atoms with van der Waals surface area (Å²) < 4.78 is 69.1. The highest BCUT2D eigenvalue weighted by Gasteiger charge is 2.31. The third-order valence-corrected chi connectivity index (χ3v) is 24.3. The number of rotatable bonds is 93. The molecule has 3 N–H and O–H groups in total. The molecule has 3 unspecified atom stereocenters. The van der Waals surface area contributed by atoms with Crippen LogP contribution in [0.1, 0.15) is 510 Å². The first-order valence-electron chi connectivity index (χ1n) is 48.2. The molecule has 0 radical (unpaired) electrons. The molecule has 112 heavy (non-hydrogen) atoms. The van der Waals surface area contributed by atoms with Crippen LogP contribution >= 0.6 is 15.6 Å². The van der Waals surface area contributed by atoms with Gasteiger partial charge in [0.15, 0.2) is 12.2 Å². The number of unbranched alkanes of at least 4 members (excludes halogenated alkanes) is 64. The quantitative estimate of drug-likeness (QED) is 0.0222. The van der Waals surface area contributed by atoms with Gasteiger partial charge in [-0.25, -0.2) is 9.13 Å². The maximum absolute atomic E-state index is 13.2. The van der Waals surface area contributed by atoms with Crippen LogP contribution in [0.3, 0.4) is 0 Å². The van der Waals surface area contributed by atoms with Crippen LogP contribution in [0.25, 0.3) is 0 Å². The molecule has 0 fully saturated rings. The minimum absolute atomic E-state index is 0.109. The molecule has 0 aromatic carbocycles. The summed E-state index contributed by atoms with van der Waals surface area (Å²) in [4.78, 5) is 73.5. The average molecular weight is 1630 g/mol. The fraction of sp³-hybridized carbons (Fsp3) is 0.957. The van der Waals surface area contributed by atoms with E-state index in [9.17, 15) is 43.2 Å². The topological polar surface area (TPSA) is 237 Å². The highest BCUT2D eigenvalue weighted by molar-refractivity contribution is 7.47. The van der Waals surface area contributed by atoms with Gasteiger partial charge in [-0.15, -0.1) is 0 Å². The first-order chi connectivity index (χ1) is 54.6. The average Bonchev–Trinajstić information content (AvgIpc) is 0.898. The van der Waals surface area contributed by atoms with Gasteiger partial charge in [0.05, 0.1) is 26.4 Å². The van der Waals surface area contributed by atoms with E-state index >= 15 is 0 Å². The number of ether oxygens (including phenoxy) is 4. The number of hydrogen-bond acceptors (Lipinski definition) is 15. The smallest absolute Gasteiger partial charge is 0.462 e. The summed E-state index contributed by atoms with van der Waals surface area (Å²) in [7, 11) is -9.94. The zero-order chi connectivity index (χ0) is 81.8. The van der Waals surface area contributed by atoms with Crippen LogP contribution in [0.4, 0.5) is 0 Å². The number of hydrogen-bond donors (Lipinski definition) is 3. The molecule has 0 spiro atoms. The Morgan fingerprint density at radius 1 is 0.250 bits per heavy atom. The van der Waals surface area contributed by atoms with E-state index in [-0.39, 0.29) is 25.7 Å². The number of aliphatic hydroxyl groups is 1. The van der Waals surface area contributed by atoms with Crippen molar-refractivity contribution in [3.05, 3.63) is 0 Å². The van der Waals surface area contributed by atoms with Crippen LogP contribution in [0.5, 0.6) is 0 Å². The molecular weight excluding hydrogens is 1450 g/mol. The fourth-order valence-electron chi connectivity index (χ4n) is 14.7. The Bertz CT molecular complexity index is 2120. The van der Waals surface area contributed by atoms with Gasteiger partial charge in [0, 0.05) is 25.7 Å². The maximum atomic E-state index is 13.2. The van der Waals surface area contributed by atoms with Gasteiger partial charge in [-0.05, 0) is 31.6 Å². The number of carbonyl (C=O) groups is 4. The summed E-state index contributed by atoms with van der Waals surface area (Å²) in [5.41, 5.74) is 0. The van der Waals surface area contributed by atoms with Gasteiger partial charge in [-0.1, -0.05) is 458 Å². The number of aliphatic hydroxyl groups excluding tert-OH is 1. The minimum Gasteiger partial charge on any atom is -0.462 e. The van der Waals surface area contributed by atoms with Crippen LogP contribution in [-0.4, -0.2) is 96.7 Å². The highest BCUT2D eigenvalue weighted by atomic mass is 31.2. The Morgan fingerprint density at radius 2 is 0.429 bits per heavy atom. The molecular formula is C93H182O17P2. The molecule has 0 aromatic rings. The van der Waals surface area contributed by atoms with Gasteiger partial charge in [0.2, 0.25) is 0 Å². The van der Waals surface area contributed by atoms with Crippen molar-refractivity contribution in [2.45, 2.75) is 528 Å². The van der Waals surface area contributed by atoms with Crippen LogP contribution in [0, 0.1) is 5.92 Å². The molecule has 0 aliphatic heterocycles. The molecule has 0 amide bonds. The summed E-state index contributed by atoms with van der Waals surface area (Å²) in [6, 6.07) is 0. The van der Waals surface area contributed by atoms with Crippen LogP contribution in [-0.2, 0) is 65.4 Å². The van der Waals surface area contributed by atoms with Crippen molar-refractivity contribution in [3.63, 3.8) is 0 Å². The SMILES string of the molecule is CCCCCCCCCCCCCCCCCCCCCCCC(=O)OC[C@H](COP(=O)(O)OC[C@@H](O)COP(=O)(O)OC[C@@H](COC(=O)CCCCCCCCCCCCCC)OC(=O)CCCCCCCCCCCCCCCCC(C)CC)OC(=O)CCCCCCCCCCCCCCCCCCCCCCC. The molecule has 666 valence electrons. The van der Waals surface area contributed by atoms with Crippen LogP contribution in [0.2, 0.25) is 0 Å². The number of esters is 4. The molecule has 6 atom stereocenters. The molecule has 19 heteroatoms. The standard InChI is InChI=1S/C93H182O17P2/c1-6-10-13-16-19-22-25-28-30-32-34-36-38-40-42-47-52-57-62-67-72-77-91(96)104-83-89(110-92(97)78-73-68-63-58-53-48-43-41-39-37-35-33-31-29-26-23-20-17-14-11-7-2)85-108-112(101,102)106-81-87(94)80-105-111(99,100)107-84-88(82-103-90(95)76-71-66-61-56-51-27-24-21-18-15-12-8-3)109-93(98)79-74-69-64-59-54-49-45-44-46-50-55-60-65-70-75-86(5)9-4/h86-89,94H,6-85H2,1-5H3,(H,99,100)(H,101,102)/t86?,87-,88+,89+/m0/s1. The Hall–Kier alpha value is -1.94. The highest BCUT2D eigenvalue weighted by Crippen LogP contribution is 2.45. The zero-order valence-electron chi connectivity index (χ0n) is 73.8. The normalized spacial score (nSPS) is 13.9. The second-order valence-electron chi connectivity index (χ2n) is 33.6. The summed E-state index contributed by atoms with van der Waals surface area (Å²) in [6.45, 7) is 7.46. The first-order valence-corrected chi connectivity index (χ1v) is 51.2. The molecule has 0 aliphatic rings. The monoisotopic (exact) mass is 1630 g/mol. The van der Waals surface area contributed by atoms with E-state index in [0.29, 0.717) is 25.7 Å². The largest absolute Gasteiger partial charge is 0.472 e. The maximum Gasteiger partial charge on any atom is 0.472 e. The van der Waals surface area contributed by atoms with Crippen molar-refractivity contribution in [1.82, 2.24) is 0 Å². The van der Waals surface area contributed by atoms with E-state index in [1.165, 1.54) is 334 Å². The van der Waals surface area contributed by atoms with Crippen molar-refractivity contribution in [1.29, 1.82) is 0 Å². The lowest BCUT2D eigenvalue weighted by atomic mass is 9.99. The van der Waals surface area contributed by atoms with Gasteiger partial charge in [-0.3, -0.25) is 37.3 Å². The van der Waals surface area contributed by atoms with Crippen LogP contribution in [0.15, 0.2) is 0 Å². The van der Waals surface area contributed by atoms with Gasteiger partial charge >= 0.3 is 39.5 Å². The van der Waals surface area contributed by atoms with Crippen molar-refractivity contribution < 1.29 is 80.2 Å². The van der Waals surface area contributed by atoms with E-state index in [1.54, 1.807) is 0 Å². The van der Waals surface area contributed by atoms with Crippen LogP contribution < -0.4 is 0 Å². The van der Waals surface area contributed by atoms with E-state index < -0.39 is 97.5 Å². The van der Waals surface area contributed by atoms with E-state index in [1.807, 2.05) is 0 Å². The van der Waals surface area contributed by atoms with Gasteiger partial charge < -0.3 is 33.8 Å². The summed E-state index contributed by atoms with van der Waals surface area (Å²) in [6.07, 6.45) is 82.0. The molecule has 0 saturated carbocycles. The number of phosphoric ester groups is 2. The predicted octanol–water partition coefficient (Wildman–Crippen LogP) is 29.1. The Labute approximate surface area is 689 Å². The van der Waals surface area contributed by atoms with Crippen molar-refractivity contribution >= 4 is 39.5 Å². The van der Waals surface area contributed by atoms with E-state index in [4.69, 9.17) is 37.0 Å². The molecule has 0 aliphatic carbocycles. The van der Waals surface area contributed by atoms with Crippen molar-refractivity contribution in [2.24, 2.45) is 5.92 Å². The second kappa shape index (κ2) is 85.5. The predicted molar refractivity (Wildman–Crippen MR) is 465 cm³/mol. The minimum atomic E-state index is -4.97. The third-order valence-electron chi connectivity index (χ3n) is 22.4. The zero-order valence-corrected chi connectivity index (χ0v) is 75.6. The van der Waals surface area contributed by atoms with Crippen molar-refractivity contribution in [2.75, 3.05) is 39.6 Å². The third kappa shape index (κ3) is 84.5. The summed E-state index contributed by atoms with van der Waals surface area (Å²) in [5, 5.41) is 10.7. The summed E-state index contributed by atoms with van der Waals surface area (Å²) in [5.74, 6) is -1.24. The molecule has 0 saturated heterocycles. The molecule has 17 nitrogen and oxygen atoms in total. The van der Waals surface area contributed by atoms with Gasteiger partial charge in [0.1, 0.15) is 19.3 Å². The number of carbonyl (C=O) groups excluding carboxylic acids is 4. The first kappa shape index (κ1) is 110.